The van der Waals surface area contributed by atoms with E-state index >= 15 is 0 Å². The SMILES string of the molecule is CCN(Cc1nccc(N)n1)CC(C)(C)O. The fourth-order valence-corrected chi connectivity index (χ4v) is 1.52. The van der Waals surface area contributed by atoms with Crippen molar-refractivity contribution in [3.05, 3.63) is 18.1 Å². The smallest absolute Gasteiger partial charge is 0.144 e. The normalized spacial score (nSPS) is 12.1. The molecular formula is C11H20N4O. The number of nitrogens with zero attached hydrogens (tertiary/aromatic N) is 3. The summed E-state index contributed by atoms with van der Waals surface area (Å²) in [6.45, 7) is 7.64. The Morgan fingerprint density at radius 1 is 1.50 bits per heavy atom. The second-order valence-electron chi connectivity index (χ2n) is 4.51. The van der Waals surface area contributed by atoms with Crippen LogP contribution in [0.15, 0.2) is 12.3 Å². The van der Waals surface area contributed by atoms with Crippen molar-refractivity contribution < 1.29 is 5.11 Å². The lowest BCUT2D eigenvalue weighted by molar-refractivity contribution is 0.0346. The van der Waals surface area contributed by atoms with Crippen molar-refractivity contribution in [3.63, 3.8) is 0 Å². The fraction of sp³-hybridized carbons (Fsp3) is 0.636. The van der Waals surface area contributed by atoms with Crippen molar-refractivity contribution in [2.75, 3.05) is 18.8 Å². The van der Waals surface area contributed by atoms with E-state index in [9.17, 15) is 5.11 Å². The van der Waals surface area contributed by atoms with Gasteiger partial charge in [0.25, 0.3) is 0 Å². The molecule has 3 N–H and O–H groups in total. The highest BCUT2D eigenvalue weighted by molar-refractivity contribution is 5.24. The zero-order valence-corrected chi connectivity index (χ0v) is 10.1. The van der Waals surface area contributed by atoms with Gasteiger partial charge in [0.05, 0.1) is 12.1 Å². The predicted octanol–water partition coefficient (Wildman–Crippen LogP) is 0.652. The van der Waals surface area contributed by atoms with E-state index < -0.39 is 5.60 Å². The van der Waals surface area contributed by atoms with Crippen molar-refractivity contribution in [1.82, 2.24) is 14.9 Å². The molecule has 1 rings (SSSR count). The molecule has 16 heavy (non-hydrogen) atoms. The average Bonchev–Trinajstić information content (AvgIpc) is 2.14. The zero-order valence-electron chi connectivity index (χ0n) is 10.1. The highest BCUT2D eigenvalue weighted by Gasteiger charge is 2.17. The number of anilines is 1. The molecule has 0 aliphatic heterocycles. The van der Waals surface area contributed by atoms with Gasteiger partial charge in [0.2, 0.25) is 0 Å². The van der Waals surface area contributed by atoms with Crippen molar-refractivity contribution in [3.8, 4) is 0 Å². The molecule has 0 aromatic carbocycles. The van der Waals surface area contributed by atoms with Crippen LogP contribution in [0, 0.1) is 0 Å². The van der Waals surface area contributed by atoms with Crippen LogP contribution in [0.5, 0.6) is 0 Å². The number of nitrogen functional groups attached to an aromatic ring is 1. The average molecular weight is 224 g/mol. The lowest BCUT2D eigenvalue weighted by Crippen LogP contribution is -2.38. The van der Waals surface area contributed by atoms with Crippen molar-refractivity contribution in [2.45, 2.75) is 32.9 Å². The van der Waals surface area contributed by atoms with Crippen LogP contribution in [0.25, 0.3) is 0 Å². The van der Waals surface area contributed by atoms with Gasteiger partial charge >= 0.3 is 0 Å². The summed E-state index contributed by atoms with van der Waals surface area (Å²) in [4.78, 5) is 10.4. The standard InChI is InChI=1S/C11H20N4O/c1-4-15(8-11(2,3)16)7-10-13-6-5-9(12)14-10/h5-6,16H,4,7-8H2,1-3H3,(H2,12,13,14). The van der Waals surface area contributed by atoms with Gasteiger partial charge in [-0.1, -0.05) is 6.92 Å². The van der Waals surface area contributed by atoms with E-state index in [4.69, 9.17) is 5.73 Å². The van der Waals surface area contributed by atoms with E-state index in [-0.39, 0.29) is 0 Å². The van der Waals surface area contributed by atoms with Crippen LogP contribution >= 0.6 is 0 Å². The predicted molar refractivity (Wildman–Crippen MR) is 63.7 cm³/mol. The zero-order chi connectivity index (χ0) is 12.2. The first kappa shape index (κ1) is 12.9. The Hall–Kier alpha value is -1.20. The third kappa shape index (κ3) is 4.55. The molecule has 1 aromatic rings. The molecule has 0 radical (unpaired) electrons. The highest BCUT2D eigenvalue weighted by Crippen LogP contribution is 2.08. The number of rotatable bonds is 5. The van der Waals surface area contributed by atoms with Crippen LogP contribution < -0.4 is 5.73 Å². The second kappa shape index (κ2) is 5.23. The summed E-state index contributed by atoms with van der Waals surface area (Å²) >= 11 is 0. The van der Waals surface area contributed by atoms with Gasteiger partial charge in [-0.25, -0.2) is 9.97 Å². The van der Waals surface area contributed by atoms with Gasteiger partial charge in [-0.2, -0.15) is 0 Å². The molecule has 0 bridgehead atoms. The molecule has 0 unspecified atom stereocenters. The maximum Gasteiger partial charge on any atom is 0.144 e. The third-order valence-corrected chi connectivity index (χ3v) is 2.15. The summed E-state index contributed by atoms with van der Waals surface area (Å²) in [7, 11) is 0. The highest BCUT2D eigenvalue weighted by atomic mass is 16.3. The summed E-state index contributed by atoms with van der Waals surface area (Å²) in [6.07, 6.45) is 1.65. The molecular weight excluding hydrogens is 204 g/mol. The monoisotopic (exact) mass is 224 g/mol. The number of likely N-dealkylation sites (N-methyl/N-ethyl adjacent to an activating group) is 1. The summed E-state index contributed by atoms with van der Waals surface area (Å²) in [6, 6.07) is 1.66. The first-order valence-corrected chi connectivity index (χ1v) is 5.43. The van der Waals surface area contributed by atoms with E-state index in [1.165, 1.54) is 0 Å². The van der Waals surface area contributed by atoms with Crippen LogP contribution in [0.4, 0.5) is 5.82 Å². The van der Waals surface area contributed by atoms with Gasteiger partial charge in [0.1, 0.15) is 11.6 Å². The molecule has 0 aliphatic carbocycles. The molecule has 1 aromatic heterocycles. The van der Waals surface area contributed by atoms with Gasteiger partial charge < -0.3 is 10.8 Å². The molecule has 0 amide bonds. The largest absolute Gasteiger partial charge is 0.389 e. The van der Waals surface area contributed by atoms with Gasteiger partial charge in [0.15, 0.2) is 0 Å². The van der Waals surface area contributed by atoms with Crippen LogP contribution in [0.1, 0.15) is 26.6 Å². The molecule has 90 valence electrons. The first-order valence-electron chi connectivity index (χ1n) is 5.43. The summed E-state index contributed by atoms with van der Waals surface area (Å²) in [5.41, 5.74) is 4.87. The first-order chi connectivity index (χ1) is 7.40. The van der Waals surface area contributed by atoms with E-state index in [0.717, 1.165) is 6.54 Å². The summed E-state index contributed by atoms with van der Waals surface area (Å²) in [5.74, 6) is 1.16. The molecule has 0 saturated carbocycles. The molecule has 0 saturated heterocycles. The number of aromatic nitrogens is 2. The molecule has 5 nitrogen and oxygen atoms in total. The Bertz CT molecular complexity index is 335. The van der Waals surface area contributed by atoms with Crippen molar-refractivity contribution in [2.24, 2.45) is 0 Å². The summed E-state index contributed by atoms with van der Waals surface area (Å²) in [5, 5.41) is 9.74. The van der Waals surface area contributed by atoms with Gasteiger partial charge in [-0.3, -0.25) is 4.90 Å². The van der Waals surface area contributed by atoms with E-state index in [0.29, 0.717) is 24.7 Å². The quantitative estimate of drug-likeness (QED) is 0.768. The Labute approximate surface area is 96.3 Å². The van der Waals surface area contributed by atoms with E-state index in [2.05, 4.69) is 14.9 Å². The number of hydrogen-bond acceptors (Lipinski definition) is 5. The van der Waals surface area contributed by atoms with Crippen molar-refractivity contribution >= 4 is 5.82 Å². The van der Waals surface area contributed by atoms with Gasteiger partial charge in [-0.15, -0.1) is 0 Å². The number of hydrogen-bond donors (Lipinski definition) is 2. The number of aliphatic hydroxyl groups is 1. The molecule has 0 aliphatic rings. The van der Waals surface area contributed by atoms with Gasteiger partial charge in [-0.05, 0) is 26.5 Å². The summed E-state index contributed by atoms with van der Waals surface area (Å²) < 4.78 is 0. The van der Waals surface area contributed by atoms with E-state index in [1.54, 1.807) is 26.1 Å². The molecule has 0 fully saturated rings. The molecule has 0 spiro atoms. The van der Waals surface area contributed by atoms with Crippen LogP contribution in [0.2, 0.25) is 0 Å². The molecule has 1 heterocycles. The second-order valence-corrected chi connectivity index (χ2v) is 4.51. The fourth-order valence-electron chi connectivity index (χ4n) is 1.52. The Morgan fingerprint density at radius 3 is 2.69 bits per heavy atom. The molecule has 0 atom stereocenters. The molecule has 5 heteroatoms. The minimum atomic E-state index is -0.712. The lowest BCUT2D eigenvalue weighted by atomic mass is 10.1. The van der Waals surface area contributed by atoms with Crippen molar-refractivity contribution in [1.29, 1.82) is 0 Å². The third-order valence-electron chi connectivity index (χ3n) is 2.15. The van der Waals surface area contributed by atoms with Crippen LogP contribution in [-0.4, -0.2) is 38.7 Å². The van der Waals surface area contributed by atoms with Crippen LogP contribution in [0.3, 0.4) is 0 Å². The Kier molecular flexibility index (Phi) is 4.20. The Morgan fingerprint density at radius 2 is 2.19 bits per heavy atom. The lowest BCUT2D eigenvalue weighted by Gasteiger charge is -2.27. The Balaban J connectivity index is 2.63. The minimum Gasteiger partial charge on any atom is -0.389 e. The topological polar surface area (TPSA) is 75.3 Å². The van der Waals surface area contributed by atoms with Gasteiger partial charge in [0, 0.05) is 12.7 Å². The number of nitrogens with two attached hydrogens (primary N) is 1. The van der Waals surface area contributed by atoms with Crippen LogP contribution in [-0.2, 0) is 6.54 Å². The maximum atomic E-state index is 9.74. The maximum absolute atomic E-state index is 9.74. The minimum absolute atomic E-state index is 0.476. The van der Waals surface area contributed by atoms with E-state index in [1.807, 2.05) is 6.92 Å².